The van der Waals surface area contributed by atoms with E-state index in [4.69, 9.17) is 13.8 Å². The van der Waals surface area contributed by atoms with E-state index in [1.807, 2.05) is 51.1 Å². The maximum absolute atomic E-state index is 13.2. The summed E-state index contributed by atoms with van der Waals surface area (Å²) < 4.78 is 30.4. The highest BCUT2D eigenvalue weighted by molar-refractivity contribution is 7.53. The first-order valence-corrected chi connectivity index (χ1v) is 13.0. The van der Waals surface area contributed by atoms with Crippen molar-refractivity contribution in [3.8, 4) is 11.5 Å². The predicted molar refractivity (Wildman–Crippen MR) is 128 cm³/mol. The molecule has 0 spiro atoms. The molecule has 4 rings (SSSR count). The molecule has 174 valence electrons. The summed E-state index contributed by atoms with van der Waals surface area (Å²) in [4.78, 5) is 4.02. The number of pyridine rings is 1. The summed E-state index contributed by atoms with van der Waals surface area (Å²) in [5.41, 5.74) is 6.43. The van der Waals surface area contributed by atoms with Gasteiger partial charge in [0.2, 0.25) is 0 Å². The smallest absolute Gasteiger partial charge is 0.368 e. The van der Waals surface area contributed by atoms with Gasteiger partial charge in [-0.05, 0) is 90.4 Å². The Balaban J connectivity index is 1.44. The van der Waals surface area contributed by atoms with E-state index in [-0.39, 0.29) is 12.5 Å². The van der Waals surface area contributed by atoms with E-state index in [9.17, 15) is 9.67 Å². The molecule has 0 bridgehead atoms. The number of aromatic hydroxyl groups is 1. The van der Waals surface area contributed by atoms with Crippen LogP contribution < -0.4 is 4.74 Å². The van der Waals surface area contributed by atoms with Crippen LogP contribution in [0.5, 0.6) is 11.5 Å². The molecule has 1 aromatic heterocycles. The normalized spacial score (nSPS) is 20.5. The Morgan fingerprint density at radius 2 is 1.85 bits per heavy atom. The van der Waals surface area contributed by atoms with Crippen LogP contribution in [0, 0.1) is 13.8 Å². The largest absolute Gasteiger partial charge is 0.508 e. The standard InChI is InChI=1S/C26H30NO5P/c1-4-21-15-20(5-6-25(21)28)16-24-18(2)13-23(14-19(24)3)30-17-33(29)31-12-9-26(32-33)22-7-10-27-11-8-22/h5-8,10-11,13-15,26,28H,4,9,12,16-17H2,1-3H3. The van der Waals surface area contributed by atoms with Crippen molar-refractivity contribution in [1.82, 2.24) is 4.98 Å². The van der Waals surface area contributed by atoms with Crippen molar-refractivity contribution in [3.63, 3.8) is 0 Å². The summed E-state index contributed by atoms with van der Waals surface area (Å²) in [7, 11) is -3.38. The van der Waals surface area contributed by atoms with Gasteiger partial charge in [-0.25, -0.2) is 0 Å². The van der Waals surface area contributed by atoms with Crippen molar-refractivity contribution in [2.24, 2.45) is 0 Å². The van der Waals surface area contributed by atoms with Gasteiger partial charge in [-0.3, -0.25) is 14.1 Å². The summed E-state index contributed by atoms with van der Waals surface area (Å²) in [5, 5.41) is 9.95. The molecule has 2 unspecified atom stereocenters. The molecule has 33 heavy (non-hydrogen) atoms. The first-order chi connectivity index (χ1) is 15.9. The lowest BCUT2D eigenvalue weighted by Gasteiger charge is -2.29. The van der Waals surface area contributed by atoms with Gasteiger partial charge in [-0.2, -0.15) is 0 Å². The first kappa shape index (κ1) is 23.5. The van der Waals surface area contributed by atoms with E-state index in [0.717, 1.165) is 40.7 Å². The molecule has 1 aliphatic rings. The summed E-state index contributed by atoms with van der Waals surface area (Å²) >= 11 is 0. The molecular formula is C26H30NO5P. The fraction of sp³-hybridized carbons (Fsp3) is 0.346. The first-order valence-electron chi connectivity index (χ1n) is 11.2. The molecule has 0 aliphatic carbocycles. The van der Waals surface area contributed by atoms with Crippen LogP contribution in [-0.4, -0.2) is 23.0 Å². The molecule has 0 saturated carbocycles. The second kappa shape index (κ2) is 10.1. The number of hydrogen-bond donors (Lipinski definition) is 1. The summed E-state index contributed by atoms with van der Waals surface area (Å²) in [6, 6.07) is 13.4. The van der Waals surface area contributed by atoms with E-state index < -0.39 is 7.60 Å². The van der Waals surface area contributed by atoms with Crippen LogP contribution >= 0.6 is 7.60 Å². The Bertz CT molecular complexity index is 1140. The number of hydrogen-bond acceptors (Lipinski definition) is 6. The fourth-order valence-corrected chi connectivity index (χ4v) is 5.66. The molecule has 7 heteroatoms. The van der Waals surface area contributed by atoms with Gasteiger partial charge >= 0.3 is 7.60 Å². The zero-order valence-corrected chi connectivity index (χ0v) is 20.2. The molecule has 1 N–H and O–H groups in total. The molecule has 2 atom stereocenters. The Morgan fingerprint density at radius 3 is 2.55 bits per heavy atom. The number of phenols is 1. The molecule has 2 aromatic carbocycles. The van der Waals surface area contributed by atoms with Crippen molar-refractivity contribution in [1.29, 1.82) is 0 Å². The fourth-order valence-electron chi connectivity index (χ4n) is 4.15. The van der Waals surface area contributed by atoms with Gasteiger partial charge in [-0.1, -0.05) is 19.1 Å². The molecule has 1 aliphatic heterocycles. The van der Waals surface area contributed by atoms with E-state index in [0.29, 0.717) is 24.5 Å². The second-order valence-electron chi connectivity index (χ2n) is 8.41. The van der Waals surface area contributed by atoms with Crippen molar-refractivity contribution in [3.05, 3.63) is 88.2 Å². The minimum atomic E-state index is -3.38. The molecule has 1 saturated heterocycles. The van der Waals surface area contributed by atoms with E-state index in [2.05, 4.69) is 11.1 Å². The Hall–Kier alpha value is -2.66. The van der Waals surface area contributed by atoms with E-state index in [1.165, 1.54) is 5.56 Å². The maximum atomic E-state index is 13.2. The number of nitrogens with zero attached hydrogens (tertiary/aromatic N) is 1. The van der Waals surface area contributed by atoms with Crippen molar-refractivity contribution in [2.45, 2.75) is 46.1 Å². The maximum Gasteiger partial charge on any atom is 0.368 e. The third-order valence-electron chi connectivity index (χ3n) is 6.00. The lowest BCUT2D eigenvalue weighted by Crippen LogP contribution is -2.17. The van der Waals surface area contributed by atoms with Crippen LogP contribution in [-0.2, 0) is 26.5 Å². The number of benzene rings is 2. The van der Waals surface area contributed by atoms with Gasteiger partial charge in [0, 0.05) is 18.8 Å². The van der Waals surface area contributed by atoms with Gasteiger partial charge in [-0.15, -0.1) is 0 Å². The number of phenolic OH excluding ortho intramolecular Hbond substituents is 1. The predicted octanol–water partition coefficient (Wildman–Crippen LogP) is 6.26. The van der Waals surface area contributed by atoms with E-state index >= 15 is 0 Å². The van der Waals surface area contributed by atoms with Crippen LogP contribution in [0.1, 0.15) is 52.8 Å². The average Bonchev–Trinajstić information content (AvgIpc) is 2.82. The molecular weight excluding hydrogens is 437 g/mol. The quantitative estimate of drug-likeness (QED) is 0.413. The van der Waals surface area contributed by atoms with Crippen molar-refractivity contribution in [2.75, 3.05) is 13.0 Å². The molecule has 0 amide bonds. The van der Waals surface area contributed by atoms with Gasteiger partial charge in [0.1, 0.15) is 11.5 Å². The third-order valence-corrected chi connectivity index (χ3v) is 7.60. The van der Waals surface area contributed by atoms with Gasteiger partial charge in [0.05, 0.1) is 12.7 Å². The molecule has 0 radical (unpaired) electrons. The minimum Gasteiger partial charge on any atom is -0.508 e. The minimum absolute atomic E-state index is 0.134. The number of ether oxygens (including phenoxy) is 1. The van der Waals surface area contributed by atoms with Crippen LogP contribution in [0.15, 0.2) is 54.9 Å². The number of rotatable bonds is 7. The molecule has 2 heterocycles. The van der Waals surface area contributed by atoms with Gasteiger partial charge in [0.15, 0.2) is 6.35 Å². The van der Waals surface area contributed by atoms with Crippen LogP contribution in [0.4, 0.5) is 0 Å². The summed E-state index contributed by atoms with van der Waals surface area (Å²) in [5.74, 6) is 0.980. The second-order valence-corrected chi connectivity index (χ2v) is 10.4. The zero-order valence-electron chi connectivity index (χ0n) is 19.3. The monoisotopic (exact) mass is 467 g/mol. The Morgan fingerprint density at radius 1 is 1.12 bits per heavy atom. The highest BCUT2D eigenvalue weighted by Crippen LogP contribution is 2.55. The molecule has 6 nitrogen and oxygen atoms in total. The molecule has 3 aromatic rings. The van der Waals surface area contributed by atoms with Crippen molar-refractivity contribution >= 4 is 7.60 Å². The average molecular weight is 468 g/mol. The summed E-state index contributed by atoms with van der Waals surface area (Å²) in [6.45, 7) is 6.49. The highest BCUT2D eigenvalue weighted by atomic mass is 31.2. The molecule has 1 fully saturated rings. The Labute approximate surface area is 195 Å². The SMILES string of the molecule is CCc1cc(Cc2c(C)cc(OCP3(=O)OCCC(c4ccncc4)O3)cc2C)ccc1O. The lowest BCUT2D eigenvalue weighted by atomic mass is 9.94. The summed E-state index contributed by atoms with van der Waals surface area (Å²) in [6.07, 6.45) is 5.16. The number of aromatic nitrogens is 1. The Kier molecular flexibility index (Phi) is 7.18. The van der Waals surface area contributed by atoms with Crippen LogP contribution in [0.3, 0.4) is 0 Å². The highest BCUT2D eigenvalue weighted by Gasteiger charge is 2.35. The third kappa shape index (κ3) is 5.64. The zero-order chi connectivity index (χ0) is 23.4. The van der Waals surface area contributed by atoms with E-state index in [1.54, 1.807) is 18.5 Å². The van der Waals surface area contributed by atoms with Crippen molar-refractivity contribution < 1.29 is 23.5 Å². The van der Waals surface area contributed by atoms with Crippen LogP contribution in [0.2, 0.25) is 0 Å². The van der Waals surface area contributed by atoms with Gasteiger partial charge < -0.3 is 14.4 Å². The topological polar surface area (TPSA) is 77.9 Å². The van der Waals surface area contributed by atoms with Crippen LogP contribution in [0.25, 0.3) is 0 Å². The number of aryl methyl sites for hydroxylation is 3. The lowest BCUT2D eigenvalue weighted by molar-refractivity contribution is 0.0725. The van der Waals surface area contributed by atoms with Gasteiger partial charge in [0.25, 0.3) is 0 Å².